The summed E-state index contributed by atoms with van der Waals surface area (Å²) in [5.74, 6) is -0.584. The summed E-state index contributed by atoms with van der Waals surface area (Å²) >= 11 is 5.95. The van der Waals surface area contributed by atoms with Crippen LogP contribution in [0.3, 0.4) is 0 Å². The van der Waals surface area contributed by atoms with E-state index in [0.717, 1.165) is 0 Å². The van der Waals surface area contributed by atoms with E-state index in [-0.39, 0.29) is 18.7 Å². The number of halogens is 1. The Morgan fingerprint density at radius 2 is 2.05 bits per heavy atom. The van der Waals surface area contributed by atoms with Crippen molar-refractivity contribution in [2.24, 2.45) is 0 Å². The summed E-state index contributed by atoms with van der Waals surface area (Å²) in [6, 6.07) is 4.52. The first-order chi connectivity index (χ1) is 10.0. The maximum Gasteiger partial charge on any atom is 0.414 e. The van der Waals surface area contributed by atoms with Crippen LogP contribution in [0.15, 0.2) is 43.5 Å². The van der Waals surface area contributed by atoms with E-state index in [9.17, 15) is 9.59 Å². The molecule has 1 aromatic carbocycles. The molecular weight excluding hydrogens is 294 g/mol. The van der Waals surface area contributed by atoms with Gasteiger partial charge >= 0.3 is 12.1 Å². The van der Waals surface area contributed by atoms with Gasteiger partial charge in [-0.05, 0) is 18.2 Å². The average Bonchev–Trinajstić information content (AvgIpc) is 2.49. The number of methoxy groups -OCH3 is 1. The summed E-state index contributed by atoms with van der Waals surface area (Å²) in [5, 5.41) is 0.378. The third kappa shape index (κ3) is 4.36. The zero-order chi connectivity index (χ0) is 15.8. The second kappa shape index (κ2) is 8.11. The van der Waals surface area contributed by atoms with E-state index in [0.29, 0.717) is 10.7 Å². The maximum atomic E-state index is 12.0. The lowest BCUT2D eigenvalue weighted by Gasteiger charge is -2.22. The number of ether oxygens (including phenoxy) is 2. The van der Waals surface area contributed by atoms with E-state index >= 15 is 0 Å². The third-order valence-corrected chi connectivity index (χ3v) is 2.74. The topological polar surface area (TPSA) is 55.8 Å². The first-order valence-electron chi connectivity index (χ1n) is 6.09. The Morgan fingerprint density at radius 3 is 2.62 bits per heavy atom. The highest BCUT2D eigenvalue weighted by molar-refractivity contribution is 6.31. The number of hydrogen-bond acceptors (Lipinski definition) is 4. The Labute approximate surface area is 128 Å². The molecule has 0 aliphatic rings. The molecule has 0 N–H and O–H groups in total. The zero-order valence-electron chi connectivity index (χ0n) is 11.7. The summed E-state index contributed by atoms with van der Waals surface area (Å²) in [5.41, 5.74) is 0.497. The fourth-order valence-corrected chi connectivity index (χ4v) is 1.79. The number of esters is 1. The SMILES string of the molecule is C=CCOC(=O)c1ccc(Cl)cc1N(CC=C)C(=O)OC. The number of hydrogen-bond donors (Lipinski definition) is 0. The molecule has 6 heteroatoms. The largest absolute Gasteiger partial charge is 0.458 e. The van der Waals surface area contributed by atoms with Crippen molar-refractivity contribution in [3.8, 4) is 0 Å². The Morgan fingerprint density at radius 1 is 1.33 bits per heavy atom. The Kier molecular flexibility index (Phi) is 6.49. The number of anilines is 1. The van der Waals surface area contributed by atoms with Crippen LogP contribution in [0.25, 0.3) is 0 Å². The van der Waals surface area contributed by atoms with Crippen molar-refractivity contribution in [2.45, 2.75) is 0 Å². The van der Waals surface area contributed by atoms with Crippen LogP contribution in [0.4, 0.5) is 10.5 Å². The summed E-state index contributed by atoms with van der Waals surface area (Å²) in [6.07, 6.45) is 2.33. The fraction of sp³-hybridized carbons (Fsp3) is 0.200. The van der Waals surface area contributed by atoms with E-state index < -0.39 is 12.1 Å². The number of nitrogens with zero attached hydrogens (tertiary/aromatic N) is 1. The molecule has 0 aliphatic carbocycles. The lowest BCUT2D eigenvalue weighted by Crippen LogP contribution is -2.32. The second-order valence-corrected chi connectivity index (χ2v) is 4.35. The van der Waals surface area contributed by atoms with Crippen molar-refractivity contribution >= 4 is 29.4 Å². The maximum absolute atomic E-state index is 12.0. The number of amides is 1. The number of rotatable bonds is 6. The van der Waals surface area contributed by atoms with Crippen LogP contribution in [-0.2, 0) is 9.47 Å². The summed E-state index contributed by atoms with van der Waals surface area (Å²) in [6.45, 7) is 7.28. The van der Waals surface area contributed by atoms with Crippen molar-refractivity contribution in [3.05, 3.63) is 54.1 Å². The van der Waals surface area contributed by atoms with Crippen LogP contribution < -0.4 is 4.90 Å². The molecule has 0 radical (unpaired) electrons. The molecule has 0 aromatic heterocycles. The van der Waals surface area contributed by atoms with Gasteiger partial charge in [0.2, 0.25) is 0 Å². The summed E-state index contributed by atoms with van der Waals surface area (Å²) in [7, 11) is 1.25. The predicted molar refractivity (Wildman–Crippen MR) is 81.9 cm³/mol. The summed E-state index contributed by atoms with van der Waals surface area (Å²) in [4.78, 5) is 25.1. The van der Waals surface area contributed by atoms with Crippen LogP contribution >= 0.6 is 11.6 Å². The highest BCUT2D eigenvalue weighted by Gasteiger charge is 2.22. The number of carbonyl (C=O) groups is 2. The van der Waals surface area contributed by atoms with E-state index in [4.69, 9.17) is 21.1 Å². The normalized spacial score (nSPS) is 9.62. The zero-order valence-corrected chi connectivity index (χ0v) is 12.4. The van der Waals surface area contributed by atoms with Crippen LogP contribution in [0, 0.1) is 0 Å². The molecule has 0 saturated carbocycles. The predicted octanol–water partition coefficient (Wildman–Crippen LogP) is 3.44. The molecule has 5 nitrogen and oxygen atoms in total. The van der Waals surface area contributed by atoms with Crippen molar-refractivity contribution in [1.29, 1.82) is 0 Å². The van der Waals surface area contributed by atoms with Gasteiger partial charge in [-0.2, -0.15) is 0 Å². The van der Waals surface area contributed by atoms with E-state index in [1.165, 1.54) is 36.3 Å². The number of carbonyl (C=O) groups excluding carboxylic acids is 2. The van der Waals surface area contributed by atoms with Gasteiger partial charge in [0.25, 0.3) is 0 Å². The molecule has 1 aromatic rings. The van der Waals surface area contributed by atoms with Crippen LogP contribution in [0.5, 0.6) is 0 Å². The van der Waals surface area contributed by atoms with Crippen molar-refractivity contribution in [2.75, 3.05) is 25.2 Å². The van der Waals surface area contributed by atoms with Gasteiger partial charge in [-0.25, -0.2) is 9.59 Å². The number of benzene rings is 1. The minimum atomic E-state index is -0.630. The standard InChI is InChI=1S/C15H16ClNO4/c1-4-8-17(15(19)20-3)13-10-11(16)6-7-12(13)14(18)21-9-5-2/h4-7,10H,1-2,8-9H2,3H3. The third-order valence-electron chi connectivity index (χ3n) is 2.51. The van der Waals surface area contributed by atoms with Gasteiger partial charge in [-0.3, -0.25) is 4.90 Å². The first-order valence-corrected chi connectivity index (χ1v) is 6.46. The smallest absolute Gasteiger partial charge is 0.414 e. The van der Waals surface area contributed by atoms with Gasteiger partial charge in [0.1, 0.15) is 6.61 Å². The van der Waals surface area contributed by atoms with Gasteiger partial charge in [0.15, 0.2) is 0 Å². The van der Waals surface area contributed by atoms with E-state index in [2.05, 4.69) is 13.2 Å². The summed E-state index contributed by atoms with van der Waals surface area (Å²) < 4.78 is 9.70. The minimum absolute atomic E-state index is 0.0700. The van der Waals surface area contributed by atoms with Crippen LogP contribution in [0.2, 0.25) is 5.02 Å². The average molecular weight is 310 g/mol. The molecule has 1 amide bonds. The molecule has 0 spiro atoms. The van der Waals surface area contributed by atoms with Crippen molar-refractivity contribution < 1.29 is 19.1 Å². The van der Waals surface area contributed by atoms with E-state index in [1.54, 1.807) is 6.07 Å². The molecule has 1 rings (SSSR count). The lowest BCUT2D eigenvalue weighted by molar-refractivity contribution is 0.0550. The van der Waals surface area contributed by atoms with Crippen LogP contribution in [-0.4, -0.2) is 32.3 Å². The molecule has 0 unspecified atom stereocenters. The van der Waals surface area contributed by atoms with Crippen molar-refractivity contribution in [3.63, 3.8) is 0 Å². The fourth-order valence-electron chi connectivity index (χ4n) is 1.62. The molecule has 0 aliphatic heterocycles. The van der Waals surface area contributed by atoms with Crippen LogP contribution in [0.1, 0.15) is 10.4 Å². The molecule has 0 bridgehead atoms. The minimum Gasteiger partial charge on any atom is -0.458 e. The first kappa shape index (κ1) is 16.8. The quantitative estimate of drug-likeness (QED) is 0.596. The highest BCUT2D eigenvalue weighted by Crippen LogP contribution is 2.26. The Bertz CT molecular complexity index is 557. The molecular formula is C15H16ClNO4. The molecule has 0 heterocycles. The monoisotopic (exact) mass is 309 g/mol. The van der Waals surface area contributed by atoms with Gasteiger partial charge in [-0.15, -0.1) is 6.58 Å². The Hall–Kier alpha value is -2.27. The molecule has 21 heavy (non-hydrogen) atoms. The molecule has 0 saturated heterocycles. The Balaban J connectivity index is 3.26. The van der Waals surface area contributed by atoms with E-state index in [1.807, 2.05) is 0 Å². The lowest BCUT2D eigenvalue weighted by atomic mass is 10.1. The molecule has 0 atom stereocenters. The highest BCUT2D eigenvalue weighted by atomic mass is 35.5. The molecule has 0 fully saturated rings. The van der Waals surface area contributed by atoms with Gasteiger partial charge in [0.05, 0.1) is 18.4 Å². The van der Waals surface area contributed by atoms with Crippen molar-refractivity contribution in [1.82, 2.24) is 0 Å². The second-order valence-electron chi connectivity index (χ2n) is 3.92. The molecule has 112 valence electrons. The van der Waals surface area contributed by atoms with Gasteiger partial charge in [0, 0.05) is 11.6 Å². The van der Waals surface area contributed by atoms with Gasteiger partial charge in [-0.1, -0.05) is 30.3 Å². The van der Waals surface area contributed by atoms with Gasteiger partial charge < -0.3 is 9.47 Å².